The second-order valence-electron chi connectivity index (χ2n) is 7.50. The number of nitro groups is 1. The summed E-state index contributed by atoms with van der Waals surface area (Å²) in [4.78, 5) is 42.6. The summed E-state index contributed by atoms with van der Waals surface area (Å²) < 4.78 is 10.7. The number of unbranched alkanes of at least 4 members (excludes halogenated alkanes) is 4. The van der Waals surface area contributed by atoms with Crippen LogP contribution in [0.1, 0.15) is 71.4 Å². The normalized spacial score (nSPS) is 15.9. The number of hydrogen-bond donors (Lipinski definition) is 0. The van der Waals surface area contributed by atoms with Gasteiger partial charge in [0.25, 0.3) is 5.69 Å². The number of esters is 1. The van der Waals surface area contributed by atoms with Crippen molar-refractivity contribution in [1.82, 2.24) is 4.90 Å². The van der Waals surface area contributed by atoms with Crippen LogP contribution in [0.3, 0.4) is 0 Å². The number of para-hydroxylation sites is 1. The van der Waals surface area contributed by atoms with Crippen molar-refractivity contribution in [3.8, 4) is 0 Å². The predicted molar refractivity (Wildman–Crippen MR) is 120 cm³/mol. The summed E-state index contributed by atoms with van der Waals surface area (Å²) in [7, 11) is 0. The first-order valence-corrected chi connectivity index (χ1v) is 11.0. The van der Waals surface area contributed by atoms with Gasteiger partial charge >= 0.3 is 12.1 Å². The monoisotopic (exact) mass is 445 g/mol. The number of rotatable bonds is 10. The van der Waals surface area contributed by atoms with Crippen LogP contribution < -0.4 is 0 Å². The van der Waals surface area contributed by atoms with E-state index >= 15 is 0 Å². The van der Waals surface area contributed by atoms with Crippen LogP contribution in [0.15, 0.2) is 40.5 Å². The third-order valence-electron chi connectivity index (χ3n) is 5.19. The summed E-state index contributed by atoms with van der Waals surface area (Å²) in [6.07, 6.45) is 4.23. The molecule has 0 radical (unpaired) electrons. The fraction of sp³-hybridized carbons (Fsp3) is 0.522. The maximum atomic E-state index is 13.1. The predicted octanol–water partition coefficient (Wildman–Crippen LogP) is 5.31. The number of amidine groups is 1. The van der Waals surface area contributed by atoms with Crippen LogP contribution in [-0.4, -0.2) is 40.9 Å². The zero-order valence-electron chi connectivity index (χ0n) is 19.1. The molecule has 0 aromatic heterocycles. The molecule has 1 aliphatic heterocycles. The van der Waals surface area contributed by atoms with Crippen LogP contribution in [0.5, 0.6) is 0 Å². The Morgan fingerprint density at radius 3 is 2.44 bits per heavy atom. The number of carbonyl (C=O) groups is 2. The summed E-state index contributed by atoms with van der Waals surface area (Å²) in [5.41, 5.74) is 0.418. The van der Waals surface area contributed by atoms with Crippen molar-refractivity contribution in [2.24, 2.45) is 4.99 Å². The van der Waals surface area contributed by atoms with Gasteiger partial charge in [-0.3, -0.25) is 15.0 Å². The number of amides is 1. The van der Waals surface area contributed by atoms with Gasteiger partial charge in [-0.05, 0) is 33.3 Å². The van der Waals surface area contributed by atoms with Crippen LogP contribution >= 0.6 is 0 Å². The van der Waals surface area contributed by atoms with Crippen LogP contribution in [0.4, 0.5) is 10.5 Å². The van der Waals surface area contributed by atoms with Gasteiger partial charge in [0, 0.05) is 6.07 Å². The van der Waals surface area contributed by atoms with E-state index in [0.717, 1.165) is 32.1 Å². The number of carbonyl (C=O) groups excluding carboxylic acids is 2. The maximum Gasteiger partial charge on any atom is 0.416 e. The lowest BCUT2D eigenvalue weighted by Crippen LogP contribution is -2.44. The Hall–Kier alpha value is -3.23. The SMILES string of the molecule is CCCCCCCOC(=O)C1=C(C)N=C(C)N(C(=O)OCC)C1c1ccccc1[N+](=O)[O-]. The molecule has 0 bridgehead atoms. The second-order valence-corrected chi connectivity index (χ2v) is 7.50. The number of aliphatic imine (C=N–C) groups is 1. The Balaban J connectivity index is 2.44. The molecular weight excluding hydrogens is 414 g/mol. The van der Waals surface area contributed by atoms with E-state index in [1.165, 1.54) is 23.1 Å². The maximum absolute atomic E-state index is 13.1. The summed E-state index contributed by atoms with van der Waals surface area (Å²) in [6.45, 7) is 7.34. The van der Waals surface area contributed by atoms with Gasteiger partial charge in [-0.2, -0.15) is 0 Å². The van der Waals surface area contributed by atoms with Crippen molar-refractivity contribution < 1.29 is 24.0 Å². The van der Waals surface area contributed by atoms with Crippen molar-refractivity contribution in [3.05, 3.63) is 51.2 Å². The molecule has 0 spiro atoms. The molecule has 1 amide bonds. The zero-order chi connectivity index (χ0) is 23.7. The van der Waals surface area contributed by atoms with Gasteiger partial charge in [-0.15, -0.1) is 0 Å². The highest BCUT2D eigenvalue weighted by atomic mass is 16.6. The van der Waals surface area contributed by atoms with Gasteiger partial charge in [0.15, 0.2) is 0 Å². The van der Waals surface area contributed by atoms with E-state index in [1.54, 1.807) is 26.8 Å². The third-order valence-corrected chi connectivity index (χ3v) is 5.19. The Morgan fingerprint density at radius 2 is 1.78 bits per heavy atom. The number of allylic oxidation sites excluding steroid dienone is 1. The molecule has 1 aromatic carbocycles. The molecule has 0 N–H and O–H groups in total. The molecule has 0 fully saturated rings. The lowest BCUT2D eigenvalue weighted by atomic mass is 9.92. The Labute approximate surface area is 188 Å². The minimum atomic E-state index is -1.08. The second kappa shape index (κ2) is 12.0. The van der Waals surface area contributed by atoms with E-state index in [2.05, 4.69) is 11.9 Å². The molecule has 1 aliphatic rings. The molecule has 1 unspecified atom stereocenters. The lowest BCUT2D eigenvalue weighted by Gasteiger charge is -2.35. The van der Waals surface area contributed by atoms with E-state index in [9.17, 15) is 19.7 Å². The van der Waals surface area contributed by atoms with Crippen molar-refractivity contribution in [2.45, 2.75) is 65.8 Å². The van der Waals surface area contributed by atoms with Crippen LogP contribution in [-0.2, 0) is 14.3 Å². The lowest BCUT2D eigenvalue weighted by molar-refractivity contribution is -0.385. The van der Waals surface area contributed by atoms with Crippen molar-refractivity contribution in [3.63, 3.8) is 0 Å². The van der Waals surface area contributed by atoms with E-state index in [4.69, 9.17) is 9.47 Å². The van der Waals surface area contributed by atoms with E-state index in [0.29, 0.717) is 5.70 Å². The molecule has 1 atom stereocenters. The standard InChI is InChI=1S/C23H31N3O6/c1-5-7-8-9-12-15-32-22(27)20-16(3)24-17(4)25(23(28)31-6-2)21(20)18-13-10-11-14-19(18)26(29)30/h10-11,13-14,21H,5-9,12,15H2,1-4H3. The smallest absolute Gasteiger partial charge is 0.416 e. The largest absolute Gasteiger partial charge is 0.462 e. The first kappa shape index (κ1) is 25.0. The number of hydrogen-bond acceptors (Lipinski definition) is 7. The summed E-state index contributed by atoms with van der Waals surface area (Å²) in [6, 6.07) is 4.94. The Kier molecular flexibility index (Phi) is 9.37. The molecule has 1 aromatic rings. The molecular formula is C23H31N3O6. The topological polar surface area (TPSA) is 111 Å². The highest BCUT2D eigenvalue weighted by Gasteiger charge is 2.42. The molecule has 32 heavy (non-hydrogen) atoms. The van der Waals surface area contributed by atoms with Crippen LogP contribution in [0.2, 0.25) is 0 Å². The quantitative estimate of drug-likeness (QED) is 0.209. The van der Waals surface area contributed by atoms with Gasteiger partial charge in [0.1, 0.15) is 11.9 Å². The number of ether oxygens (including phenoxy) is 2. The average molecular weight is 446 g/mol. The van der Waals surface area contributed by atoms with Crippen molar-refractivity contribution in [1.29, 1.82) is 0 Å². The summed E-state index contributed by atoms with van der Waals surface area (Å²) in [5, 5.41) is 11.7. The van der Waals surface area contributed by atoms with E-state index < -0.39 is 23.0 Å². The molecule has 9 heteroatoms. The fourth-order valence-electron chi connectivity index (χ4n) is 3.69. The van der Waals surface area contributed by atoms with E-state index in [1.807, 2.05) is 0 Å². The van der Waals surface area contributed by atoms with Gasteiger partial charge in [-0.25, -0.2) is 14.6 Å². The molecule has 9 nitrogen and oxygen atoms in total. The first-order valence-electron chi connectivity index (χ1n) is 11.0. The Bertz CT molecular complexity index is 909. The Morgan fingerprint density at radius 1 is 1.09 bits per heavy atom. The highest BCUT2D eigenvalue weighted by Crippen LogP contribution is 2.40. The van der Waals surface area contributed by atoms with Gasteiger partial charge in [0.2, 0.25) is 0 Å². The van der Waals surface area contributed by atoms with E-state index in [-0.39, 0.29) is 35.9 Å². The van der Waals surface area contributed by atoms with Crippen molar-refractivity contribution in [2.75, 3.05) is 13.2 Å². The van der Waals surface area contributed by atoms with Gasteiger partial charge in [0.05, 0.1) is 35.0 Å². The number of nitrogens with zero attached hydrogens (tertiary/aromatic N) is 3. The minimum absolute atomic E-state index is 0.0894. The molecule has 0 saturated heterocycles. The third kappa shape index (κ3) is 5.93. The van der Waals surface area contributed by atoms with Crippen LogP contribution in [0, 0.1) is 10.1 Å². The van der Waals surface area contributed by atoms with Crippen molar-refractivity contribution >= 4 is 23.6 Å². The summed E-state index contributed by atoms with van der Waals surface area (Å²) >= 11 is 0. The fourth-order valence-corrected chi connectivity index (χ4v) is 3.69. The van der Waals surface area contributed by atoms with Crippen LogP contribution in [0.25, 0.3) is 0 Å². The molecule has 1 heterocycles. The average Bonchev–Trinajstić information content (AvgIpc) is 2.75. The van der Waals surface area contributed by atoms with Gasteiger partial charge in [-0.1, -0.05) is 44.7 Å². The molecule has 174 valence electrons. The minimum Gasteiger partial charge on any atom is -0.462 e. The van der Waals surface area contributed by atoms with Gasteiger partial charge < -0.3 is 9.47 Å². The molecule has 2 rings (SSSR count). The molecule has 0 aliphatic carbocycles. The number of benzene rings is 1. The number of nitro benzene ring substituents is 1. The molecule has 0 saturated carbocycles. The highest BCUT2D eigenvalue weighted by molar-refractivity contribution is 6.01. The zero-order valence-corrected chi connectivity index (χ0v) is 19.1. The summed E-state index contributed by atoms with van der Waals surface area (Å²) in [5.74, 6) is -0.369. The first-order chi connectivity index (χ1) is 15.3.